The van der Waals surface area contributed by atoms with E-state index in [1.807, 2.05) is 11.0 Å². The van der Waals surface area contributed by atoms with Crippen LogP contribution in [0, 0.1) is 5.41 Å². The summed E-state index contributed by atoms with van der Waals surface area (Å²) >= 11 is 0. The fraction of sp³-hybridized carbons (Fsp3) is 0.545. The van der Waals surface area contributed by atoms with Crippen LogP contribution in [0.2, 0.25) is 0 Å². The number of fused-ring (bicyclic) bond motifs is 1. The minimum atomic E-state index is -4.58. The molecule has 1 amide bonds. The first-order valence-electron chi connectivity index (χ1n) is 10.9. The van der Waals surface area contributed by atoms with Gasteiger partial charge in [0, 0.05) is 44.6 Å². The number of carbonyl (C=O) groups excluding carboxylic acids is 1. The molecule has 2 aromatic rings. The van der Waals surface area contributed by atoms with E-state index in [0.717, 1.165) is 49.1 Å². The number of halogens is 3. The molecule has 170 valence electrons. The Kier molecular flexibility index (Phi) is 5.07. The molecular weight excluding hydrogens is 421 g/mol. The fourth-order valence-electron chi connectivity index (χ4n) is 4.87. The summed E-state index contributed by atoms with van der Waals surface area (Å²) in [6.45, 7) is 3.25. The SMILES string of the molecule is NC(=O)c1cc(N2CCC3(CC2)CC3)c2c(n1)CN(Cc1ccnc(C(F)(F)F)n1)CC2. The summed E-state index contributed by atoms with van der Waals surface area (Å²) in [6.07, 6.45) is 2.22. The third-order valence-electron chi connectivity index (χ3n) is 6.96. The molecule has 4 heterocycles. The normalized spacial score (nSPS) is 20.3. The highest BCUT2D eigenvalue weighted by atomic mass is 19.4. The molecule has 7 nitrogen and oxygen atoms in total. The van der Waals surface area contributed by atoms with Crippen molar-refractivity contribution in [1.29, 1.82) is 0 Å². The number of anilines is 1. The highest BCUT2D eigenvalue weighted by molar-refractivity contribution is 5.92. The molecule has 0 radical (unpaired) electrons. The number of aromatic nitrogens is 3. The lowest BCUT2D eigenvalue weighted by molar-refractivity contribution is -0.145. The highest BCUT2D eigenvalue weighted by Crippen LogP contribution is 2.54. The van der Waals surface area contributed by atoms with Gasteiger partial charge in [-0.2, -0.15) is 13.2 Å². The van der Waals surface area contributed by atoms with Crippen LogP contribution in [-0.4, -0.2) is 45.4 Å². The maximum absolute atomic E-state index is 12.9. The first-order chi connectivity index (χ1) is 15.2. The molecule has 0 unspecified atom stereocenters. The van der Waals surface area contributed by atoms with E-state index in [0.29, 0.717) is 30.6 Å². The molecule has 3 aliphatic rings. The highest BCUT2D eigenvalue weighted by Gasteiger charge is 2.44. The van der Waals surface area contributed by atoms with Gasteiger partial charge in [-0.1, -0.05) is 0 Å². The van der Waals surface area contributed by atoms with Crippen molar-refractivity contribution in [2.24, 2.45) is 11.1 Å². The first-order valence-corrected chi connectivity index (χ1v) is 10.9. The number of hydrogen-bond acceptors (Lipinski definition) is 6. The molecule has 5 rings (SSSR count). The van der Waals surface area contributed by atoms with Crippen LogP contribution >= 0.6 is 0 Å². The predicted octanol–water partition coefficient (Wildman–Crippen LogP) is 2.93. The standard InChI is InChI=1S/C22H25F3N6O/c23-22(24,25)20-27-7-1-14(28-20)12-30-8-2-15-17(13-30)29-16(19(26)32)11-18(15)31-9-5-21(3-4-21)6-10-31/h1,7,11H,2-6,8-10,12-13H2,(H2,26,32). The van der Waals surface area contributed by atoms with Crippen molar-refractivity contribution in [2.75, 3.05) is 24.5 Å². The van der Waals surface area contributed by atoms with Crippen LogP contribution in [-0.2, 0) is 25.7 Å². The Balaban J connectivity index is 1.38. The number of alkyl halides is 3. The van der Waals surface area contributed by atoms with Gasteiger partial charge in [-0.25, -0.2) is 15.0 Å². The average Bonchev–Trinajstić information content (AvgIpc) is 3.51. The largest absolute Gasteiger partial charge is 0.451 e. The van der Waals surface area contributed by atoms with Crippen molar-refractivity contribution in [2.45, 2.75) is 51.4 Å². The summed E-state index contributed by atoms with van der Waals surface area (Å²) in [5.41, 5.74) is 9.53. The summed E-state index contributed by atoms with van der Waals surface area (Å²) in [5.74, 6) is -1.71. The Morgan fingerprint density at radius 3 is 2.53 bits per heavy atom. The lowest BCUT2D eigenvalue weighted by Gasteiger charge is -2.37. The van der Waals surface area contributed by atoms with Crippen LogP contribution in [0.5, 0.6) is 0 Å². The lowest BCUT2D eigenvalue weighted by atomic mass is 9.92. The van der Waals surface area contributed by atoms with E-state index in [9.17, 15) is 18.0 Å². The molecule has 1 saturated carbocycles. The number of primary amides is 1. The maximum atomic E-state index is 12.9. The number of carbonyl (C=O) groups is 1. The minimum absolute atomic E-state index is 0.230. The Morgan fingerprint density at radius 2 is 1.88 bits per heavy atom. The monoisotopic (exact) mass is 446 g/mol. The number of nitrogens with zero attached hydrogens (tertiary/aromatic N) is 5. The number of amides is 1. The topological polar surface area (TPSA) is 88.2 Å². The third-order valence-corrected chi connectivity index (χ3v) is 6.96. The second-order valence-electron chi connectivity index (χ2n) is 9.13. The first kappa shape index (κ1) is 21.1. The smallest absolute Gasteiger partial charge is 0.371 e. The zero-order valence-electron chi connectivity index (χ0n) is 17.7. The Morgan fingerprint density at radius 1 is 1.12 bits per heavy atom. The molecule has 2 aromatic heterocycles. The van der Waals surface area contributed by atoms with Gasteiger partial charge >= 0.3 is 6.18 Å². The molecule has 2 fully saturated rings. The number of rotatable bonds is 4. The second-order valence-corrected chi connectivity index (χ2v) is 9.13. The number of piperidine rings is 1. The van der Waals surface area contributed by atoms with Gasteiger partial charge in [0.05, 0.1) is 11.4 Å². The molecule has 1 saturated heterocycles. The number of nitrogens with two attached hydrogens (primary N) is 1. The lowest BCUT2D eigenvalue weighted by Crippen LogP contribution is -2.38. The van der Waals surface area contributed by atoms with Gasteiger partial charge < -0.3 is 10.6 Å². The minimum Gasteiger partial charge on any atom is -0.371 e. The van der Waals surface area contributed by atoms with Crippen molar-refractivity contribution in [3.8, 4) is 0 Å². The van der Waals surface area contributed by atoms with Gasteiger partial charge in [0.25, 0.3) is 5.91 Å². The van der Waals surface area contributed by atoms with Gasteiger partial charge in [0.15, 0.2) is 0 Å². The van der Waals surface area contributed by atoms with Crippen molar-refractivity contribution >= 4 is 11.6 Å². The van der Waals surface area contributed by atoms with Crippen LogP contribution in [0.15, 0.2) is 18.3 Å². The molecule has 0 bridgehead atoms. The van der Waals surface area contributed by atoms with Gasteiger partial charge in [0.1, 0.15) is 5.69 Å². The van der Waals surface area contributed by atoms with E-state index >= 15 is 0 Å². The predicted molar refractivity (Wildman–Crippen MR) is 111 cm³/mol. The molecule has 2 N–H and O–H groups in total. The molecule has 2 aliphatic heterocycles. The van der Waals surface area contributed by atoms with Gasteiger partial charge in [-0.3, -0.25) is 9.69 Å². The van der Waals surface area contributed by atoms with E-state index in [4.69, 9.17) is 5.73 Å². The molecule has 0 atom stereocenters. The summed E-state index contributed by atoms with van der Waals surface area (Å²) in [4.78, 5) is 27.8. The van der Waals surface area contributed by atoms with E-state index < -0.39 is 17.9 Å². The Hall–Kier alpha value is -2.75. The zero-order valence-corrected chi connectivity index (χ0v) is 17.7. The van der Waals surface area contributed by atoms with Crippen LogP contribution in [0.4, 0.5) is 18.9 Å². The maximum Gasteiger partial charge on any atom is 0.451 e. The van der Waals surface area contributed by atoms with Crippen LogP contribution in [0.3, 0.4) is 0 Å². The Labute approximate surface area is 183 Å². The summed E-state index contributed by atoms with van der Waals surface area (Å²) in [6, 6.07) is 3.30. The van der Waals surface area contributed by atoms with Crippen molar-refractivity contribution in [1.82, 2.24) is 19.9 Å². The number of hydrogen-bond donors (Lipinski definition) is 1. The molecular formula is C22H25F3N6O. The molecule has 1 aliphatic carbocycles. The summed E-state index contributed by atoms with van der Waals surface area (Å²) in [5, 5.41) is 0. The third kappa shape index (κ3) is 4.15. The molecule has 1 spiro atoms. The van der Waals surface area contributed by atoms with Crippen molar-refractivity contribution in [3.05, 3.63) is 46.8 Å². The second kappa shape index (κ2) is 7.68. The van der Waals surface area contributed by atoms with E-state index in [-0.39, 0.29) is 12.2 Å². The van der Waals surface area contributed by atoms with E-state index in [1.165, 1.54) is 18.9 Å². The molecule has 0 aromatic carbocycles. The van der Waals surface area contributed by atoms with Gasteiger partial charge in [-0.15, -0.1) is 0 Å². The van der Waals surface area contributed by atoms with E-state index in [2.05, 4.69) is 19.9 Å². The van der Waals surface area contributed by atoms with Crippen LogP contribution in [0.1, 0.15) is 58.9 Å². The van der Waals surface area contributed by atoms with Crippen molar-refractivity contribution < 1.29 is 18.0 Å². The van der Waals surface area contributed by atoms with Gasteiger partial charge in [-0.05, 0) is 55.2 Å². The van der Waals surface area contributed by atoms with Crippen LogP contribution < -0.4 is 10.6 Å². The number of pyridine rings is 1. The Bertz CT molecular complexity index is 1040. The zero-order chi connectivity index (χ0) is 22.5. The quantitative estimate of drug-likeness (QED) is 0.777. The molecule has 10 heteroatoms. The van der Waals surface area contributed by atoms with E-state index in [1.54, 1.807) is 0 Å². The summed E-state index contributed by atoms with van der Waals surface area (Å²) < 4.78 is 38.8. The summed E-state index contributed by atoms with van der Waals surface area (Å²) in [7, 11) is 0. The average molecular weight is 446 g/mol. The molecule has 32 heavy (non-hydrogen) atoms. The van der Waals surface area contributed by atoms with Gasteiger partial charge in [0.2, 0.25) is 5.82 Å². The fourth-order valence-corrected chi connectivity index (χ4v) is 4.87. The van der Waals surface area contributed by atoms with Crippen LogP contribution in [0.25, 0.3) is 0 Å². The van der Waals surface area contributed by atoms with Crippen molar-refractivity contribution in [3.63, 3.8) is 0 Å².